The number of carbonyl (C=O) groups is 1. The lowest BCUT2D eigenvalue weighted by molar-refractivity contribution is 0.106. The van der Waals surface area contributed by atoms with E-state index in [9.17, 15) is 14.0 Å². The first-order valence-electron chi connectivity index (χ1n) is 6.99. The van der Waals surface area contributed by atoms with E-state index in [-0.39, 0.29) is 17.2 Å². The summed E-state index contributed by atoms with van der Waals surface area (Å²) in [5, 5.41) is 0.472. The first-order valence-corrected chi connectivity index (χ1v) is 8.19. The van der Waals surface area contributed by atoms with Gasteiger partial charge in [0.25, 0.3) is 5.56 Å². The summed E-state index contributed by atoms with van der Waals surface area (Å²) in [6.45, 7) is 0. The fourth-order valence-electron chi connectivity index (χ4n) is 2.08. The second kappa shape index (κ2) is 6.95. The van der Waals surface area contributed by atoms with E-state index in [1.54, 1.807) is 42.5 Å². The Morgan fingerprint density at radius 2 is 1.92 bits per heavy atom. The predicted octanol–water partition coefficient (Wildman–Crippen LogP) is 2.72. The van der Waals surface area contributed by atoms with Crippen molar-refractivity contribution in [1.82, 2.24) is 4.98 Å². The van der Waals surface area contributed by atoms with E-state index in [1.165, 1.54) is 18.2 Å². The fraction of sp³-hybridized carbons (Fsp3) is 0. The standard InChI is InChI=1S/C18H11ClFNO2S/c19-13-3-1-2-12(9-13)15(22)10-17-21-18(23)16(24-17)8-11-4-6-14(20)7-5-11/h1-10H,(H,21,23)/b16-8+,17-10-. The molecule has 24 heavy (non-hydrogen) atoms. The lowest BCUT2D eigenvalue weighted by Gasteiger charge is -1.95. The summed E-state index contributed by atoms with van der Waals surface area (Å²) in [5.41, 5.74) is 0.853. The maximum Gasteiger partial charge on any atom is 0.266 e. The van der Waals surface area contributed by atoms with Crippen LogP contribution in [0.3, 0.4) is 0 Å². The Labute approximate surface area is 145 Å². The van der Waals surface area contributed by atoms with E-state index < -0.39 is 0 Å². The number of Topliss-reactive ketones (excluding diaryl/α,β-unsaturated/α-hetero) is 1. The zero-order chi connectivity index (χ0) is 17.1. The molecule has 3 rings (SSSR count). The van der Waals surface area contributed by atoms with Gasteiger partial charge in [0.2, 0.25) is 0 Å². The highest BCUT2D eigenvalue weighted by atomic mass is 35.5. The quantitative estimate of drug-likeness (QED) is 0.731. The van der Waals surface area contributed by atoms with Crippen LogP contribution in [0.2, 0.25) is 5.02 Å². The van der Waals surface area contributed by atoms with Crippen molar-refractivity contribution in [2.24, 2.45) is 0 Å². The third-order valence-corrected chi connectivity index (χ3v) is 4.42. The van der Waals surface area contributed by atoms with Gasteiger partial charge in [-0.25, -0.2) is 4.39 Å². The van der Waals surface area contributed by atoms with Gasteiger partial charge in [0, 0.05) is 16.7 Å². The third-order valence-electron chi connectivity index (χ3n) is 3.22. The number of hydrogen-bond acceptors (Lipinski definition) is 3. The number of carbonyl (C=O) groups excluding carboxylic acids is 1. The number of hydrogen-bond donors (Lipinski definition) is 1. The smallest absolute Gasteiger partial charge is 0.266 e. The van der Waals surface area contributed by atoms with Gasteiger partial charge in [0.15, 0.2) is 5.78 Å². The van der Waals surface area contributed by atoms with Crippen LogP contribution >= 0.6 is 22.9 Å². The molecule has 0 atom stereocenters. The first kappa shape index (κ1) is 16.4. The number of benzene rings is 2. The molecular weight excluding hydrogens is 349 g/mol. The van der Waals surface area contributed by atoms with E-state index in [4.69, 9.17) is 11.6 Å². The lowest BCUT2D eigenvalue weighted by Crippen LogP contribution is -2.20. The Hall–Kier alpha value is -2.50. The van der Waals surface area contributed by atoms with Crippen molar-refractivity contribution in [2.45, 2.75) is 0 Å². The molecule has 0 unspecified atom stereocenters. The number of ketones is 1. The van der Waals surface area contributed by atoms with E-state index in [0.717, 1.165) is 11.3 Å². The number of thiazole rings is 1. The Kier molecular flexibility index (Phi) is 4.74. The van der Waals surface area contributed by atoms with Gasteiger partial charge in [0.1, 0.15) is 5.82 Å². The van der Waals surface area contributed by atoms with Crippen LogP contribution in [0.25, 0.3) is 12.2 Å². The number of rotatable bonds is 3. The molecule has 1 heterocycles. The molecule has 0 spiro atoms. The number of aromatic nitrogens is 1. The number of aromatic amines is 1. The van der Waals surface area contributed by atoms with Crippen LogP contribution in [0.15, 0.2) is 53.3 Å². The molecule has 0 saturated carbocycles. The fourth-order valence-corrected chi connectivity index (χ4v) is 3.15. The number of H-pyrrole nitrogens is 1. The molecule has 0 aliphatic heterocycles. The van der Waals surface area contributed by atoms with E-state index in [1.807, 2.05) is 0 Å². The summed E-state index contributed by atoms with van der Waals surface area (Å²) >= 11 is 7.03. The van der Waals surface area contributed by atoms with Gasteiger partial charge in [-0.2, -0.15) is 0 Å². The normalized spacial score (nSPS) is 12.6. The molecule has 1 N–H and O–H groups in total. The zero-order valence-corrected chi connectivity index (χ0v) is 13.8. The molecule has 0 fully saturated rings. The maximum atomic E-state index is 12.9. The summed E-state index contributed by atoms with van der Waals surface area (Å²) < 4.78 is 13.8. The van der Waals surface area contributed by atoms with Crippen LogP contribution in [-0.4, -0.2) is 10.8 Å². The molecule has 0 amide bonds. The van der Waals surface area contributed by atoms with Crippen LogP contribution in [0.1, 0.15) is 15.9 Å². The average molecular weight is 360 g/mol. The van der Waals surface area contributed by atoms with Crippen molar-refractivity contribution in [3.05, 3.63) is 90.0 Å². The Balaban J connectivity index is 1.98. The van der Waals surface area contributed by atoms with Gasteiger partial charge < -0.3 is 4.98 Å². The zero-order valence-electron chi connectivity index (χ0n) is 12.3. The van der Waals surface area contributed by atoms with Crippen LogP contribution in [0, 0.1) is 5.82 Å². The highest BCUT2D eigenvalue weighted by Crippen LogP contribution is 2.11. The number of halogens is 2. The largest absolute Gasteiger partial charge is 0.313 e. The summed E-state index contributed by atoms with van der Waals surface area (Å²) in [6.07, 6.45) is 3.00. The monoisotopic (exact) mass is 359 g/mol. The molecule has 0 aliphatic carbocycles. The van der Waals surface area contributed by atoms with Gasteiger partial charge in [0.05, 0.1) is 9.20 Å². The molecule has 6 heteroatoms. The first-order chi connectivity index (χ1) is 11.5. The SMILES string of the molecule is O=C(/C=c1/[nH]c(=O)/c(=C\c2ccc(F)cc2)s1)c1cccc(Cl)c1. The Morgan fingerprint density at radius 3 is 2.62 bits per heavy atom. The molecule has 0 aliphatic rings. The van der Waals surface area contributed by atoms with Crippen LogP contribution < -0.4 is 14.8 Å². The minimum Gasteiger partial charge on any atom is -0.313 e. The van der Waals surface area contributed by atoms with E-state index in [2.05, 4.69) is 4.98 Å². The van der Waals surface area contributed by atoms with E-state index >= 15 is 0 Å². The molecule has 120 valence electrons. The van der Waals surface area contributed by atoms with Crippen molar-refractivity contribution in [1.29, 1.82) is 0 Å². The van der Waals surface area contributed by atoms with Gasteiger partial charge in [-0.15, -0.1) is 11.3 Å². The van der Waals surface area contributed by atoms with Crippen LogP contribution in [0.4, 0.5) is 4.39 Å². The van der Waals surface area contributed by atoms with Crippen molar-refractivity contribution in [2.75, 3.05) is 0 Å². The maximum absolute atomic E-state index is 12.9. The highest BCUT2D eigenvalue weighted by Gasteiger charge is 2.04. The van der Waals surface area contributed by atoms with Crippen LogP contribution in [-0.2, 0) is 0 Å². The minimum atomic E-state index is -0.339. The lowest BCUT2D eigenvalue weighted by atomic mass is 10.1. The second-order valence-electron chi connectivity index (χ2n) is 5.00. The molecule has 3 aromatic rings. The summed E-state index contributed by atoms with van der Waals surface area (Å²) in [4.78, 5) is 26.8. The topological polar surface area (TPSA) is 49.9 Å². The van der Waals surface area contributed by atoms with Crippen molar-refractivity contribution in [3.8, 4) is 0 Å². The van der Waals surface area contributed by atoms with Gasteiger partial charge in [-0.05, 0) is 35.9 Å². The van der Waals surface area contributed by atoms with Gasteiger partial charge in [-0.1, -0.05) is 35.9 Å². The third kappa shape index (κ3) is 3.88. The highest BCUT2D eigenvalue weighted by molar-refractivity contribution is 7.07. The second-order valence-corrected chi connectivity index (χ2v) is 6.52. The molecule has 0 bridgehead atoms. The van der Waals surface area contributed by atoms with Gasteiger partial charge >= 0.3 is 0 Å². The molecule has 3 nitrogen and oxygen atoms in total. The van der Waals surface area contributed by atoms with E-state index in [0.29, 0.717) is 25.3 Å². The summed E-state index contributed by atoms with van der Waals surface area (Å²) in [5.74, 6) is -0.586. The van der Waals surface area contributed by atoms with Crippen molar-refractivity contribution in [3.63, 3.8) is 0 Å². The summed E-state index contributed by atoms with van der Waals surface area (Å²) in [6, 6.07) is 12.4. The molecule has 0 radical (unpaired) electrons. The van der Waals surface area contributed by atoms with Crippen LogP contribution in [0.5, 0.6) is 0 Å². The molecule has 1 aromatic heterocycles. The Morgan fingerprint density at radius 1 is 1.17 bits per heavy atom. The average Bonchev–Trinajstić information content (AvgIpc) is 2.89. The Bertz CT molecular complexity index is 1070. The molecule has 0 saturated heterocycles. The summed E-state index contributed by atoms with van der Waals surface area (Å²) in [7, 11) is 0. The van der Waals surface area contributed by atoms with Gasteiger partial charge in [-0.3, -0.25) is 9.59 Å². The van der Waals surface area contributed by atoms with Crippen molar-refractivity contribution < 1.29 is 9.18 Å². The predicted molar refractivity (Wildman–Crippen MR) is 94.4 cm³/mol. The number of nitrogens with one attached hydrogen (secondary N) is 1. The minimum absolute atomic E-state index is 0.247. The van der Waals surface area contributed by atoms with Crippen molar-refractivity contribution >= 4 is 40.9 Å². The molecular formula is C18H11ClFNO2S. The molecule has 2 aromatic carbocycles.